The van der Waals surface area contributed by atoms with Gasteiger partial charge in [-0.15, -0.1) is 0 Å². The molecule has 0 aliphatic heterocycles. The number of nitrogens with zero attached hydrogens (tertiary/aromatic N) is 1. The molecule has 0 spiro atoms. The van der Waals surface area contributed by atoms with Crippen LogP contribution in [-0.4, -0.2) is 4.90 Å². The molecule has 0 atom stereocenters. The summed E-state index contributed by atoms with van der Waals surface area (Å²) in [7, 11) is 0. The van der Waals surface area contributed by atoms with Crippen LogP contribution in [0.15, 0.2) is 97.4 Å². The Bertz CT molecular complexity index is 624. The van der Waals surface area contributed by atoms with Gasteiger partial charge in [0.15, 0.2) is 0 Å². The van der Waals surface area contributed by atoms with E-state index in [4.69, 9.17) is 0 Å². The van der Waals surface area contributed by atoms with Gasteiger partial charge in [0.2, 0.25) is 0 Å². The van der Waals surface area contributed by atoms with E-state index in [-0.39, 0.29) is 0 Å². The molecule has 0 amide bonds. The van der Waals surface area contributed by atoms with Crippen molar-refractivity contribution in [2.45, 2.75) is 27.3 Å². The molecule has 0 saturated carbocycles. The average molecular weight is 305 g/mol. The van der Waals surface area contributed by atoms with Gasteiger partial charge in [0.25, 0.3) is 0 Å². The van der Waals surface area contributed by atoms with Crippen LogP contribution in [-0.2, 0) is 6.54 Å². The summed E-state index contributed by atoms with van der Waals surface area (Å²) < 4.78 is 0. The lowest BCUT2D eigenvalue weighted by Gasteiger charge is -2.27. The second kappa shape index (κ2) is 10.2. The van der Waals surface area contributed by atoms with Crippen molar-refractivity contribution >= 4 is 0 Å². The van der Waals surface area contributed by atoms with Crippen LogP contribution in [0.5, 0.6) is 0 Å². The predicted molar refractivity (Wildman–Crippen MR) is 103 cm³/mol. The monoisotopic (exact) mass is 305 g/mol. The minimum Gasteiger partial charge on any atom is -0.337 e. The lowest BCUT2D eigenvalue weighted by molar-refractivity contribution is 0.445. The number of benzene rings is 1. The molecule has 1 aromatic carbocycles. The SMILES string of the molecule is C=C/C=C\C(=C/C)N(Cc1ccc(C)cc1)C(/C=C\C)=C/C=C. The van der Waals surface area contributed by atoms with Gasteiger partial charge < -0.3 is 4.90 Å². The molecular formula is C22H27N. The van der Waals surface area contributed by atoms with Crippen LogP contribution >= 0.6 is 0 Å². The van der Waals surface area contributed by atoms with Gasteiger partial charge in [-0.05, 0) is 44.6 Å². The van der Waals surface area contributed by atoms with Gasteiger partial charge in [-0.1, -0.05) is 73.4 Å². The maximum absolute atomic E-state index is 3.84. The molecule has 0 aliphatic carbocycles. The van der Waals surface area contributed by atoms with Crippen LogP contribution < -0.4 is 0 Å². The number of hydrogen-bond acceptors (Lipinski definition) is 1. The molecule has 0 saturated heterocycles. The molecule has 0 bridgehead atoms. The average Bonchev–Trinajstić information content (AvgIpc) is 2.56. The van der Waals surface area contributed by atoms with Gasteiger partial charge >= 0.3 is 0 Å². The summed E-state index contributed by atoms with van der Waals surface area (Å²) in [5.74, 6) is 0. The summed E-state index contributed by atoms with van der Waals surface area (Å²) in [5.41, 5.74) is 4.76. The summed E-state index contributed by atoms with van der Waals surface area (Å²) in [6.07, 6.45) is 15.9. The second-order valence-corrected chi connectivity index (χ2v) is 5.21. The van der Waals surface area contributed by atoms with Crippen molar-refractivity contribution in [3.8, 4) is 0 Å². The van der Waals surface area contributed by atoms with E-state index in [1.807, 2.05) is 38.2 Å². The first-order valence-electron chi connectivity index (χ1n) is 7.90. The summed E-state index contributed by atoms with van der Waals surface area (Å²) in [6, 6.07) is 8.64. The highest BCUT2D eigenvalue weighted by Crippen LogP contribution is 2.20. The van der Waals surface area contributed by atoms with Crippen LogP contribution in [0.3, 0.4) is 0 Å². The molecule has 1 heteroatoms. The first-order valence-corrected chi connectivity index (χ1v) is 7.90. The summed E-state index contributed by atoms with van der Waals surface area (Å²) >= 11 is 0. The number of allylic oxidation sites excluding steroid dienone is 8. The highest BCUT2D eigenvalue weighted by atomic mass is 15.1. The fourth-order valence-corrected chi connectivity index (χ4v) is 2.24. The second-order valence-electron chi connectivity index (χ2n) is 5.21. The molecular weight excluding hydrogens is 278 g/mol. The Morgan fingerprint density at radius 1 is 1.00 bits per heavy atom. The molecule has 0 fully saturated rings. The van der Waals surface area contributed by atoms with Gasteiger partial charge in [-0.3, -0.25) is 0 Å². The van der Waals surface area contributed by atoms with Crippen molar-refractivity contribution in [3.63, 3.8) is 0 Å². The molecule has 1 nitrogen and oxygen atoms in total. The van der Waals surface area contributed by atoms with Gasteiger partial charge in [0.05, 0.1) is 0 Å². The van der Waals surface area contributed by atoms with Crippen molar-refractivity contribution in [3.05, 3.63) is 109 Å². The molecule has 1 rings (SSSR count). The summed E-state index contributed by atoms with van der Waals surface area (Å²) in [6.45, 7) is 14.6. The van der Waals surface area contributed by atoms with Crippen molar-refractivity contribution in [1.82, 2.24) is 4.90 Å². The molecule has 0 heterocycles. The fraction of sp³-hybridized carbons (Fsp3) is 0.182. The standard InChI is InChI=1S/C22H27N/c1-6-10-13-21(9-4)23(22(11-7-2)12-8-3)18-20-16-14-19(5)15-17-20/h6-17H,1-2,18H2,3-5H3/b12-8-,13-10-,21-9+,22-11+. The normalized spacial score (nSPS) is 12.8. The smallest absolute Gasteiger partial charge is 0.0481 e. The van der Waals surface area contributed by atoms with Gasteiger partial charge in [0.1, 0.15) is 0 Å². The van der Waals surface area contributed by atoms with E-state index in [9.17, 15) is 0 Å². The van der Waals surface area contributed by atoms with E-state index in [0.29, 0.717) is 0 Å². The third kappa shape index (κ3) is 5.99. The van der Waals surface area contributed by atoms with E-state index in [1.165, 1.54) is 11.1 Å². The highest BCUT2D eigenvalue weighted by Gasteiger charge is 2.11. The van der Waals surface area contributed by atoms with Crippen molar-refractivity contribution in [2.75, 3.05) is 0 Å². The lowest BCUT2D eigenvalue weighted by Crippen LogP contribution is -2.20. The lowest BCUT2D eigenvalue weighted by atomic mass is 10.1. The Morgan fingerprint density at radius 3 is 2.22 bits per heavy atom. The van der Waals surface area contributed by atoms with Crippen LogP contribution in [0.25, 0.3) is 0 Å². The number of hydrogen-bond donors (Lipinski definition) is 0. The summed E-state index contributed by atoms with van der Waals surface area (Å²) in [5, 5.41) is 0. The Hall–Kier alpha value is -2.54. The maximum atomic E-state index is 3.84. The first-order chi connectivity index (χ1) is 11.2. The third-order valence-corrected chi connectivity index (χ3v) is 3.41. The van der Waals surface area contributed by atoms with Gasteiger partial charge in [0, 0.05) is 17.9 Å². The van der Waals surface area contributed by atoms with Crippen LogP contribution in [0.4, 0.5) is 0 Å². The van der Waals surface area contributed by atoms with Crippen LogP contribution in [0.2, 0.25) is 0 Å². The van der Waals surface area contributed by atoms with Crippen LogP contribution in [0, 0.1) is 6.92 Å². The van der Waals surface area contributed by atoms with E-state index in [0.717, 1.165) is 17.9 Å². The Labute approximate surface area is 141 Å². The Balaban J connectivity index is 3.25. The number of aryl methyl sites for hydroxylation is 1. The summed E-state index contributed by atoms with van der Waals surface area (Å²) in [4.78, 5) is 2.27. The maximum Gasteiger partial charge on any atom is 0.0481 e. The van der Waals surface area contributed by atoms with Gasteiger partial charge in [-0.25, -0.2) is 0 Å². The van der Waals surface area contributed by atoms with E-state index in [1.54, 1.807) is 6.08 Å². The first kappa shape index (κ1) is 18.5. The topological polar surface area (TPSA) is 3.24 Å². The Morgan fingerprint density at radius 2 is 1.70 bits per heavy atom. The molecule has 0 radical (unpaired) electrons. The molecule has 1 aromatic rings. The zero-order valence-electron chi connectivity index (χ0n) is 14.5. The van der Waals surface area contributed by atoms with E-state index >= 15 is 0 Å². The molecule has 0 aromatic heterocycles. The third-order valence-electron chi connectivity index (χ3n) is 3.41. The quantitative estimate of drug-likeness (QED) is 0.525. The zero-order chi connectivity index (χ0) is 17.1. The molecule has 23 heavy (non-hydrogen) atoms. The molecule has 120 valence electrons. The van der Waals surface area contributed by atoms with Crippen molar-refractivity contribution in [1.29, 1.82) is 0 Å². The largest absolute Gasteiger partial charge is 0.337 e. The zero-order valence-corrected chi connectivity index (χ0v) is 14.5. The Kier molecular flexibility index (Phi) is 8.23. The predicted octanol–water partition coefficient (Wildman–Crippen LogP) is 6.09. The molecule has 0 aliphatic rings. The van der Waals surface area contributed by atoms with Crippen molar-refractivity contribution < 1.29 is 0 Å². The van der Waals surface area contributed by atoms with E-state index < -0.39 is 0 Å². The fourth-order valence-electron chi connectivity index (χ4n) is 2.24. The molecule has 0 unspecified atom stereocenters. The highest BCUT2D eigenvalue weighted by molar-refractivity contribution is 5.33. The van der Waals surface area contributed by atoms with Gasteiger partial charge in [-0.2, -0.15) is 0 Å². The molecule has 0 N–H and O–H groups in total. The van der Waals surface area contributed by atoms with Crippen LogP contribution in [0.1, 0.15) is 25.0 Å². The minimum atomic E-state index is 0.797. The minimum absolute atomic E-state index is 0.797. The number of rotatable bonds is 8. The van der Waals surface area contributed by atoms with Crippen molar-refractivity contribution in [2.24, 2.45) is 0 Å². The van der Waals surface area contributed by atoms with E-state index in [2.05, 4.69) is 67.5 Å².